The van der Waals surface area contributed by atoms with Crippen LogP contribution in [0.25, 0.3) is 0 Å². The lowest BCUT2D eigenvalue weighted by Gasteiger charge is -2.34. The van der Waals surface area contributed by atoms with E-state index in [2.05, 4.69) is 11.8 Å². The van der Waals surface area contributed by atoms with Gasteiger partial charge in [0.05, 0.1) is 5.41 Å². The van der Waals surface area contributed by atoms with Crippen LogP contribution in [-0.4, -0.2) is 38.9 Å². The van der Waals surface area contributed by atoms with Gasteiger partial charge in [-0.1, -0.05) is 30.0 Å². The van der Waals surface area contributed by atoms with E-state index in [1.54, 1.807) is 12.1 Å². The van der Waals surface area contributed by atoms with Gasteiger partial charge >= 0.3 is 0 Å². The van der Waals surface area contributed by atoms with Gasteiger partial charge < -0.3 is 4.90 Å². The summed E-state index contributed by atoms with van der Waals surface area (Å²) >= 11 is 0. The van der Waals surface area contributed by atoms with Crippen molar-refractivity contribution in [3.05, 3.63) is 77.5 Å². The number of anilines is 1. The number of nitrogens with zero attached hydrogens (tertiary/aromatic N) is 2. The molecule has 0 saturated carbocycles. The minimum Gasteiger partial charge on any atom is -0.369 e. The van der Waals surface area contributed by atoms with Crippen molar-refractivity contribution in [1.82, 2.24) is 4.31 Å². The molecule has 134 valence electrons. The Morgan fingerprint density at radius 2 is 1.58 bits per heavy atom. The van der Waals surface area contributed by atoms with Crippen molar-refractivity contribution in [2.45, 2.75) is 0 Å². The molecule has 0 aromatic heterocycles. The van der Waals surface area contributed by atoms with Crippen LogP contribution in [0.1, 0.15) is 5.56 Å². The van der Waals surface area contributed by atoms with Crippen molar-refractivity contribution in [3.63, 3.8) is 0 Å². The third-order valence-corrected chi connectivity index (χ3v) is 5.67. The van der Waals surface area contributed by atoms with E-state index in [1.807, 2.05) is 35.2 Å². The Labute approximate surface area is 153 Å². The number of rotatable bonds is 3. The molecule has 0 radical (unpaired) electrons. The van der Waals surface area contributed by atoms with Crippen molar-refractivity contribution in [2.75, 3.05) is 31.1 Å². The molecule has 1 aliphatic rings. The van der Waals surface area contributed by atoms with Crippen LogP contribution in [0.2, 0.25) is 0 Å². The molecule has 0 N–H and O–H groups in total. The summed E-state index contributed by atoms with van der Waals surface area (Å²) < 4.78 is 39.2. The van der Waals surface area contributed by atoms with Crippen LogP contribution in [0.15, 0.2) is 66.1 Å². The number of piperazine rings is 1. The third kappa shape index (κ3) is 4.72. The predicted molar refractivity (Wildman–Crippen MR) is 102 cm³/mol. The van der Waals surface area contributed by atoms with Gasteiger partial charge in [-0.25, -0.2) is 12.8 Å². The second-order valence-corrected chi connectivity index (χ2v) is 7.66. The Balaban J connectivity index is 1.58. The predicted octanol–water partition coefficient (Wildman–Crippen LogP) is 2.84. The summed E-state index contributed by atoms with van der Waals surface area (Å²) in [5.41, 5.74) is 1.73. The lowest BCUT2D eigenvalue weighted by molar-refractivity contribution is 0.390. The van der Waals surface area contributed by atoms with Gasteiger partial charge in [0, 0.05) is 43.5 Å². The van der Waals surface area contributed by atoms with Crippen LogP contribution in [0, 0.1) is 17.7 Å². The van der Waals surface area contributed by atoms with Gasteiger partial charge in [-0.15, -0.1) is 0 Å². The summed E-state index contributed by atoms with van der Waals surface area (Å²) in [5.74, 6) is 5.37. The van der Waals surface area contributed by atoms with Crippen LogP contribution in [0.5, 0.6) is 0 Å². The Bertz CT molecular complexity index is 921. The molecule has 1 fully saturated rings. The van der Waals surface area contributed by atoms with Crippen molar-refractivity contribution >= 4 is 15.7 Å². The first kappa shape index (κ1) is 18.2. The van der Waals surface area contributed by atoms with Crippen LogP contribution < -0.4 is 4.90 Å². The smallest absolute Gasteiger partial charge is 0.236 e. The van der Waals surface area contributed by atoms with E-state index in [0.29, 0.717) is 26.2 Å². The maximum atomic E-state index is 13.0. The zero-order valence-corrected chi connectivity index (χ0v) is 15.0. The summed E-state index contributed by atoms with van der Waals surface area (Å²) in [6, 6.07) is 15.6. The maximum absolute atomic E-state index is 13.0. The second kappa shape index (κ2) is 8.17. The molecule has 1 heterocycles. The molecular weight excluding hydrogens is 351 g/mol. The minimum absolute atomic E-state index is 0.281. The van der Waals surface area contributed by atoms with E-state index in [-0.39, 0.29) is 5.82 Å². The van der Waals surface area contributed by atoms with Crippen LogP contribution in [0.4, 0.5) is 10.1 Å². The molecule has 2 aromatic rings. The monoisotopic (exact) mass is 370 g/mol. The summed E-state index contributed by atoms with van der Waals surface area (Å²) in [6.07, 6.45) is 1.37. The number of hydrogen-bond donors (Lipinski definition) is 0. The molecule has 0 aliphatic carbocycles. The molecule has 26 heavy (non-hydrogen) atoms. The number of benzene rings is 2. The molecule has 1 aliphatic heterocycles. The van der Waals surface area contributed by atoms with Crippen molar-refractivity contribution in [1.29, 1.82) is 0 Å². The van der Waals surface area contributed by atoms with E-state index in [9.17, 15) is 12.8 Å². The Morgan fingerprint density at radius 3 is 2.23 bits per heavy atom. The Kier molecular flexibility index (Phi) is 5.71. The third-order valence-electron chi connectivity index (χ3n) is 4.10. The number of sulfonamides is 1. The van der Waals surface area contributed by atoms with E-state index in [4.69, 9.17) is 0 Å². The molecule has 0 amide bonds. The molecule has 2 aromatic carbocycles. The first-order valence-electron chi connectivity index (χ1n) is 8.28. The van der Waals surface area contributed by atoms with Crippen LogP contribution >= 0.6 is 0 Å². The number of allylic oxidation sites excluding steroid dienone is 1. The van der Waals surface area contributed by atoms with Gasteiger partial charge in [-0.3, -0.25) is 0 Å². The Morgan fingerprint density at radius 1 is 0.923 bits per heavy atom. The summed E-state index contributed by atoms with van der Waals surface area (Å²) in [4.78, 5) is 2.05. The molecule has 0 unspecified atom stereocenters. The van der Waals surface area contributed by atoms with Crippen molar-refractivity contribution in [2.24, 2.45) is 0 Å². The molecule has 1 saturated heterocycles. The van der Waals surface area contributed by atoms with Gasteiger partial charge in [-0.05, 0) is 36.4 Å². The summed E-state index contributed by atoms with van der Waals surface area (Å²) in [7, 11) is -3.49. The molecule has 3 rings (SSSR count). The average Bonchev–Trinajstić information content (AvgIpc) is 2.67. The number of hydrogen-bond acceptors (Lipinski definition) is 3. The maximum Gasteiger partial charge on any atom is 0.236 e. The van der Waals surface area contributed by atoms with Crippen LogP contribution in [-0.2, 0) is 10.0 Å². The quantitative estimate of drug-likeness (QED) is 0.780. The molecule has 0 bridgehead atoms. The van der Waals surface area contributed by atoms with E-state index in [1.165, 1.54) is 22.5 Å². The van der Waals surface area contributed by atoms with Crippen molar-refractivity contribution in [3.8, 4) is 11.8 Å². The highest BCUT2D eigenvalue weighted by molar-refractivity contribution is 7.92. The topological polar surface area (TPSA) is 40.6 Å². The standard InChI is InChI=1S/C20H19FN2O2S/c21-19-9-11-20(12-10-19)22-13-15-23(16-14-22)26(24,25)17-5-4-8-18-6-2-1-3-7-18/h1-3,5-7,9-12,17H,13-16H2/b17-5-. The SMILES string of the molecule is O=S(=O)(/C=C\C#Cc1ccccc1)N1CCN(c2ccc(F)cc2)CC1. The first-order chi connectivity index (χ1) is 12.5. The molecule has 0 spiro atoms. The average molecular weight is 370 g/mol. The molecule has 4 nitrogen and oxygen atoms in total. The molecule has 0 atom stereocenters. The van der Waals surface area contributed by atoms with Gasteiger partial charge in [0.1, 0.15) is 5.82 Å². The summed E-state index contributed by atoms with van der Waals surface area (Å²) in [6.45, 7) is 1.90. The van der Waals surface area contributed by atoms with E-state index < -0.39 is 10.0 Å². The molecular formula is C20H19FN2O2S. The highest BCUT2D eigenvalue weighted by atomic mass is 32.2. The van der Waals surface area contributed by atoms with Crippen LogP contribution in [0.3, 0.4) is 0 Å². The van der Waals surface area contributed by atoms with Gasteiger partial charge in [0.15, 0.2) is 0 Å². The highest BCUT2D eigenvalue weighted by Gasteiger charge is 2.25. The number of halogens is 1. The zero-order chi connectivity index (χ0) is 18.4. The fourth-order valence-corrected chi connectivity index (χ4v) is 3.79. The van der Waals surface area contributed by atoms with E-state index in [0.717, 1.165) is 16.7 Å². The fourth-order valence-electron chi connectivity index (χ4n) is 2.71. The highest BCUT2D eigenvalue weighted by Crippen LogP contribution is 2.18. The lowest BCUT2D eigenvalue weighted by Crippen LogP contribution is -2.48. The largest absolute Gasteiger partial charge is 0.369 e. The first-order valence-corrected chi connectivity index (χ1v) is 9.79. The van der Waals surface area contributed by atoms with E-state index >= 15 is 0 Å². The fraction of sp³-hybridized carbons (Fsp3) is 0.200. The Hall–Kier alpha value is -2.62. The zero-order valence-electron chi connectivity index (χ0n) is 14.2. The van der Waals surface area contributed by atoms with Gasteiger partial charge in [0.25, 0.3) is 0 Å². The second-order valence-electron chi connectivity index (χ2n) is 5.85. The van der Waals surface area contributed by atoms with Gasteiger partial charge in [0.2, 0.25) is 10.0 Å². The van der Waals surface area contributed by atoms with Gasteiger partial charge in [-0.2, -0.15) is 4.31 Å². The normalized spacial score (nSPS) is 15.7. The minimum atomic E-state index is -3.49. The molecule has 6 heteroatoms. The van der Waals surface area contributed by atoms with Crippen molar-refractivity contribution < 1.29 is 12.8 Å². The summed E-state index contributed by atoms with van der Waals surface area (Å²) in [5, 5.41) is 1.15. The lowest BCUT2D eigenvalue weighted by atomic mass is 10.2.